The fourth-order valence-electron chi connectivity index (χ4n) is 1.31. The summed E-state index contributed by atoms with van der Waals surface area (Å²) < 4.78 is 4.26. The van der Waals surface area contributed by atoms with Crippen LogP contribution >= 0.6 is 11.9 Å². The van der Waals surface area contributed by atoms with Gasteiger partial charge in [-0.25, -0.2) is 9.38 Å². The Hall–Kier alpha value is -1.69. The molecule has 0 aliphatic heterocycles. The zero-order valence-electron chi connectivity index (χ0n) is 8.89. The molecule has 16 heavy (non-hydrogen) atoms. The number of nitrogens with one attached hydrogen (secondary N) is 1. The Bertz CT molecular complexity index is 475. The van der Waals surface area contributed by atoms with Crippen molar-refractivity contribution in [2.75, 3.05) is 0 Å². The number of allylic oxidation sites excluding steroid dienone is 4. The first kappa shape index (κ1) is 10.8. The summed E-state index contributed by atoms with van der Waals surface area (Å²) in [6, 6.07) is 0. The van der Waals surface area contributed by atoms with Crippen LogP contribution in [0.2, 0.25) is 0 Å². The minimum atomic E-state index is 0.0728. The zero-order valence-corrected chi connectivity index (χ0v) is 9.71. The van der Waals surface area contributed by atoms with Crippen molar-refractivity contribution in [1.29, 1.82) is 0 Å². The van der Waals surface area contributed by atoms with Crippen LogP contribution in [0.4, 0.5) is 0 Å². The number of nitrogens with zero attached hydrogens (tertiary/aromatic N) is 3. The fourth-order valence-corrected chi connectivity index (χ4v) is 1.80. The number of carbonyl (C=O) groups is 1. The van der Waals surface area contributed by atoms with E-state index >= 15 is 0 Å². The van der Waals surface area contributed by atoms with Crippen molar-refractivity contribution in [1.82, 2.24) is 15.2 Å². The molecule has 1 heterocycles. The molecule has 0 unspecified atom stereocenters. The van der Waals surface area contributed by atoms with Crippen molar-refractivity contribution < 1.29 is 4.79 Å². The monoisotopic (exact) mass is 234 g/mol. The maximum absolute atomic E-state index is 11.5. The van der Waals surface area contributed by atoms with E-state index in [4.69, 9.17) is 0 Å². The molecule has 82 valence electrons. The van der Waals surface area contributed by atoms with Crippen LogP contribution in [0, 0.1) is 0 Å². The maximum Gasteiger partial charge on any atom is 0.206 e. The summed E-state index contributed by atoms with van der Waals surface area (Å²) in [5, 5.41) is 7.04. The number of aromatic amines is 1. The van der Waals surface area contributed by atoms with E-state index in [9.17, 15) is 4.79 Å². The van der Waals surface area contributed by atoms with Gasteiger partial charge in [-0.2, -0.15) is 5.10 Å². The molecule has 1 aliphatic rings. The number of H-pyrrole nitrogens is 1. The molecule has 1 aromatic heterocycles. The van der Waals surface area contributed by atoms with Gasteiger partial charge < -0.3 is 0 Å². The lowest BCUT2D eigenvalue weighted by Gasteiger charge is -2.07. The normalized spacial score (nSPS) is 15.9. The molecule has 0 atom stereocenters. The average Bonchev–Trinajstić information content (AvgIpc) is 2.75. The Balaban J connectivity index is 2.16. The fraction of sp³-hybridized carbons (Fsp3) is 0.200. The van der Waals surface area contributed by atoms with E-state index in [1.54, 1.807) is 26.0 Å². The molecule has 0 fully saturated rings. The van der Waals surface area contributed by atoms with Gasteiger partial charge in [0.1, 0.15) is 6.33 Å². The number of ketones is 1. The topological polar surface area (TPSA) is 71.0 Å². The van der Waals surface area contributed by atoms with E-state index in [1.165, 1.54) is 18.3 Å². The summed E-state index contributed by atoms with van der Waals surface area (Å²) >= 11 is 1.20. The number of Topliss-reactive ketones (excluding diaryl/α,β-unsaturated/α-hetero) is 1. The minimum absolute atomic E-state index is 0.0728. The van der Waals surface area contributed by atoms with Gasteiger partial charge in [-0.1, -0.05) is 0 Å². The molecule has 0 spiro atoms. The van der Waals surface area contributed by atoms with E-state index in [0.717, 1.165) is 5.71 Å². The van der Waals surface area contributed by atoms with Crippen molar-refractivity contribution in [3.63, 3.8) is 0 Å². The Kier molecular flexibility index (Phi) is 3.00. The molecule has 0 saturated carbocycles. The summed E-state index contributed by atoms with van der Waals surface area (Å²) in [6.07, 6.45) is 4.95. The predicted octanol–water partition coefficient (Wildman–Crippen LogP) is 1.73. The third kappa shape index (κ3) is 2.27. The van der Waals surface area contributed by atoms with Crippen LogP contribution in [0.15, 0.2) is 39.2 Å². The molecule has 1 N–H and O–H groups in total. The molecular formula is C10H10N4OS. The lowest BCUT2D eigenvalue weighted by molar-refractivity contribution is -0.112. The number of rotatable bonds is 2. The standard InChI is InChI=1S/C10H10N4OS/c1-6-3-8(4-7(2)9(6)15)14-16-10-11-5-12-13-10/h3-5H,1-2H3,(H,11,12,13). The second-order valence-electron chi connectivity index (χ2n) is 3.38. The van der Waals surface area contributed by atoms with Crippen molar-refractivity contribution in [2.24, 2.45) is 4.40 Å². The van der Waals surface area contributed by atoms with Crippen molar-refractivity contribution in [3.05, 3.63) is 29.6 Å². The number of aromatic nitrogens is 3. The van der Waals surface area contributed by atoms with Crippen LogP contribution in [0.25, 0.3) is 0 Å². The molecule has 6 heteroatoms. The van der Waals surface area contributed by atoms with Gasteiger partial charge in [0.2, 0.25) is 5.16 Å². The van der Waals surface area contributed by atoms with Crippen LogP contribution in [0.3, 0.4) is 0 Å². The highest BCUT2D eigenvalue weighted by Gasteiger charge is 2.13. The first-order valence-electron chi connectivity index (χ1n) is 4.68. The first-order valence-corrected chi connectivity index (χ1v) is 5.46. The highest BCUT2D eigenvalue weighted by atomic mass is 32.2. The molecular weight excluding hydrogens is 224 g/mol. The van der Waals surface area contributed by atoms with E-state index in [0.29, 0.717) is 16.3 Å². The van der Waals surface area contributed by atoms with Gasteiger partial charge in [0.05, 0.1) is 17.7 Å². The van der Waals surface area contributed by atoms with Crippen LogP contribution < -0.4 is 0 Å². The third-order valence-electron chi connectivity index (χ3n) is 2.08. The number of hydrogen-bond acceptors (Lipinski definition) is 5. The Morgan fingerprint density at radius 2 is 2.00 bits per heavy atom. The quantitative estimate of drug-likeness (QED) is 0.625. The molecule has 5 nitrogen and oxygen atoms in total. The van der Waals surface area contributed by atoms with Gasteiger partial charge in [-0.3, -0.25) is 9.89 Å². The number of hydrogen-bond donors (Lipinski definition) is 1. The van der Waals surface area contributed by atoms with Gasteiger partial charge in [-0.15, -0.1) is 0 Å². The lowest BCUT2D eigenvalue weighted by atomic mass is 9.98. The Morgan fingerprint density at radius 1 is 1.31 bits per heavy atom. The van der Waals surface area contributed by atoms with Crippen molar-refractivity contribution >= 4 is 23.4 Å². The number of carbonyl (C=O) groups excluding carboxylic acids is 1. The van der Waals surface area contributed by atoms with Gasteiger partial charge in [-0.05, 0) is 37.1 Å². The third-order valence-corrected chi connectivity index (χ3v) is 2.75. The summed E-state index contributed by atoms with van der Waals surface area (Å²) in [6.45, 7) is 3.57. The summed E-state index contributed by atoms with van der Waals surface area (Å²) in [4.78, 5) is 15.4. The van der Waals surface area contributed by atoms with Crippen LogP contribution in [-0.2, 0) is 4.79 Å². The molecule has 1 aliphatic carbocycles. The van der Waals surface area contributed by atoms with Crippen LogP contribution in [0.1, 0.15) is 13.8 Å². The van der Waals surface area contributed by atoms with E-state index in [1.807, 2.05) is 0 Å². The smallest absolute Gasteiger partial charge is 0.206 e. The second kappa shape index (κ2) is 4.44. The van der Waals surface area contributed by atoms with Crippen LogP contribution in [0.5, 0.6) is 0 Å². The maximum atomic E-state index is 11.5. The highest BCUT2D eigenvalue weighted by Crippen LogP contribution is 2.17. The van der Waals surface area contributed by atoms with Gasteiger partial charge in [0, 0.05) is 0 Å². The molecule has 0 radical (unpaired) electrons. The van der Waals surface area contributed by atoms with Crippen LogP contribution in [-0.4, -0.2) is 26.7 Å². The van der Waals surface area contributed by atoms with E-state index < -0.39 is 0 Å². The largest absolute Gasteiger partial charge is 0.289 e. The van der Waals surface area contributed by atoms with Gasteiger partial charge in [0.25, 0.3) is 0 Å². The first-order chi connectivity index (χ1) is 7.66. The second-order valence-corrected chi connectivity index (χ2v) is 4.13. The molecule has 0 aromatic carbocycles. The van der Waals surface area contributed by atoms with E-state index in [-0.39, 0.29) is 5.78 Å². The van der Waals surface area contributed by atoms with Crippen molar-refractivity contribution in [3.8, 4) is 0 Å². The SMILES string of the molecule is CC1=CC(=NSc2ncn[nH]2)C=C(C)C1=O. The zero-order chi connectivity index (χ0) is 11.5. The van der Waals surface area contributed by atoms with Gasteiger partial charge >= 0.3 is 0 Å². The van der Waals surface area contributed by atoms with E-state index in [2.05, 4.69) is 19.6 Å². The summed E-state index contributed by atoms with van der Waals surface area (Å²) in [5.74, 6) is 0.0728. The molecule has 2 rings (SSSR count). The summed E-state index contributed by atoms with van der Waals surface area (Å²) in [5.41, 5.74) is 2.17. The Labute approximate surface area is 96.9 Å². The predicted molar refractivity (Wildman–Crippen MR) is 62.2 cm³/mol. The molecule has 0 bridgehead atoms. The van der Waals surface area contributed by atoms with Gasteiger partial charge in [0.15, 0.2) is 5.78 Å². The lowest BCUT2D eigenvalue weighted by Crippen LogP contribution is -2.10. The Morgan fingerprint density at radius 3 is 2.56 bits per heavy atom. The summed E-state index contributed by atoms with van der Waals surface area (Å²) in [7, 11) is 0. The molecule has 1 aromatic rings. The highest BCUT2D eigenvalue weighted by molar-refractivity contribution is 7.98. The van der Waals surface area contributed by atoms with Crippen molar-refractivity contribution in [2.45, 2.75) is 19.0 Å². The average molecular weight is 234 g/mol. The molecule has 0 amide bonds. The minimum Gasteiger partial charge on any atom is -0.289 e. The molecule has 0 saturated heterocycles.